The Morgan fingerprint density at radius 2 is 1.96 bits per heavy atom. The number of fused-ring (bicyclic) bond motifs is 2. The Labute approximate surface area is 155 Å². The van der Waals surface area contributed by atoms with Crippen LogP contribution in [0.1, 0.15) is 5.82 Å². The first kappa shape index (κ1) is 16.6. The number of rotatable bonds is 5. The van der Waals surface area contributed by atoms with Crippen molar-refractivity contribution in [3.8, 4) is 5.75 Å². The van der Waals surface area contributed by atoms with Crippen LogP contribution in [0.25, 0.3) is 11.2 Å². The van der Waals surface area contributed by atoms with Gasteiger partial charge in [-0.15, -0.1) is 0 Å². The molecule has 3 heterocycles. The van der Waals surface area contributed by atoms with Gasteiger partial charge in [0, 0.05) is 32.3 Å². The summed E-state index contributed by atoms with van der Waals surface area (Å²) < 4.78 is 34.5. The molecule has 2 aliphatic rings. The molecule has 0 radical (unpaired) electrons. The zero-order valence-electron chi connectivity index (χ0n) is 15.0. The molecule has 1 aromatic carbocycles. The molecule has 27 heavy (non-hydrogen) atoms. The zero-order valence-corrected chi connectivity index (χ0v) is 15.0. The number of halogens is 2. The van der Waals surface area contributed by atoms with Crippen molar-refractivity contribution in [2.75, 3.05) is 19.7 Å². The fraction of sp³-hybridized carbons (Fsp3) is 0.400. The molecule has 0 spiro atoms. The van der Waals surface area contributed by atoms with Crippen LogP contribution in [0, 0.1) is 29.4 Å². The second kappa shape index (κ2) is 6.27. The molecule has 1 aliphatic carbocycles. The van der Waals surface area contributed by atoms with Gasteiger partial charge in [0.1, 0.15) is 5.82 Å². The molecule has 1 aliphatic heterocycles. The third-order valence-corrected chi connectivity index (χ3v) is 5.91. The molecule has 2 aromatic heterocycles. The molecule has 7 heteroatoms. The summed E-state index contributed by atoms with van der Waals surface area (Å²) in [4.78, 5) is 11.4. The number of pyridine rings is 1. The van der Waals surface area contributed by atoms with E-state index in [0.29, 0.717) is 24.4 Å². The van der Waals surface area contributed by atoms with Gasteiger partial charge >= 0.3 is 0 Å². The Morgan fingerprint density at radius 1 is 1.15 bits per heavy atom. The number of likely N-dealkylation sites (tertiary alicyclic amines) is 1. The summed E-state index contributed by atoms with van der Waals surface area (Å²) in [5.74, 6) is 0.797. The van der Waals surface area contributed by atoms with E-state index in [0.717, 1.165) is 42.7 Å². The summed E-state index contributed by atoms with van der Waals surface area (Å²) >= 11 is 0. The molecule has 0 bridgehead atoms. The summed E-state index contributed by atoms with van der Waals surface area (Å²) in [6, 6.07) is 7.99. The van der Waals surface area contributed by atoms with Gasteiger partial charge in [-0.3, -0.25) is 4.90 Å². The fourth-order valence-corrected chi connectivity index (χ4v) is 4.31. The van der Waals surface area contributed by atoms with Gasteiger partial charge < -0.3 is 9.30 Å². The molecular formula is C20H20F2N4O. The third kappa shape index (κ3) is 2.86. The minimum absolute atomic E-state index is 0.00373. The average Bonchev–Trinajstić information content (AvgIpc) is 2.99. The van der Waals surface area contributed by atoms with Crippen LogP contribution in [0.15, 0.2) is 36.5 Å². The van der Waals surface area contributed by atoms with E-state index < -0.39 is 11.6 Å². The van der Waals surface area contributed by atoms with Gasteiger partial charge in [0.2, 0.25) is 5.82 Å². The van der Waals surface area contributed by atoms with Crippen LogP contribution >= 0.6 is 0 Å². The first-order valence-electron chi connectivity index (χ1n) is 9.17. The Balaban J connectivity index is 1.17. The van der Waals surface area contributed by atoms with E-state index in [1.165, 1.54) is 12.1 Å². The molecule has 1 saturated carbocycles. The van der Waals surface area contributed by atoms with E-state index >= 15 is 0 Å². The quantitative estimate of drug-likeness (QED) is 0.693. The number of aryl methyl sites for hydroxylation is 1. The normalized spacial score (nSPS) is 24.3. The Hall–Kier alpha value is -2.54. The standard InChI is InChI=1S/C20H20F2N4O/c1-25-16-5-3-7-23-20(16)24-18(25)10-26-8-12-13(9-26)14(12)11-27-17-6-2-4-15(21)19(17)22/h2-7,12-14H,8-11H2,1H3/t12-,13+,14?. The van der Waals surface area contributed by atoms with E-state index in [9.17, 15) is 8.78 Å². The highest BCUT2D eigenvalue weighted by Gasteiger charge is 2.55. The Bertz CT molecular complexity index is 993. The van der Waals surface area contributed by atoms with Gasteiger partial charge in [-0.25, -0.2) is 14.4 Å². The van der Waals surface area contributed by atoms with Crippen LogP contribution in [0.5, 0.6) is 5.75 Å². The maximum Gasteiger partial charge on any atom is 0.200 e. The van der Waals surface area contributed by atoms with Crippen LogP contribution in [0.4, 0.5) is 8.78 Å². The first-order chi connectivity index (χ1) is 13.1. The van der Waals surface area contributed by atoms with E-state index in [1.54, 1.807) is 6.20 Å². The molecule has 5 rings (SSSR count). The molecule has 3 aromatic rings. The molecular weight excluding hydrogens is 350 g/mol. The monoisotopic (exact) mass is 370 g/mol. The fourth-order valence-electron chi connectivity index (χ4n) is 4.31. The topological polar surface area (TPSA) is 43.2 Å². The van der Waals surface area contributed by atoms with Crippen molar-refractivity contribution in [3.63, 3.8) is 0 Å². The molecule has 5 nitrogen and oxygen atoms in total. The van der Waals surface area contributed by atoms with Crippen molar-refractivity contribution in [1.82, 2.24) is 19.4 Å². The van der Waals surface area contributed by atoms with Crippen LogP contribution in [-0.2, 0) is 13.6 Å². The second-order valence-electron chi connectivity index (χ2n) is 7.48. The van der Waals surface area contributed by atoms with E-state index in [1.807, 2.05) is 19.2 Å². The lowest BCUT2D eigenvalue weighted by Gasteiger charge is -2.19. The number of ether oxygens (including phenoxy) is 1. The second-order valence-corrected chi connectivity index (χ2v) is 7.48. The summed E-state index contributed by atoms with van der Waals surface area (Å²) in [6.45, 7) is 3.22. The van der Waals surface area contributed by atoms with E-state index in [4.69, 9.17) is 4.74 Å². The highest BCUT2D eigenvalue weighted by Crippen LogP contribution is 2.52. The Kier molecular flexibility index (Phi) is 3.86. The Morgan fingerprint density at radius 3 is 2.74 bits per heavy atom. The van der Waals surface area contributed by atoms with Gasteiger partial charge in [-0.2, -0.15) is 4.39 Å². The minimum Gasteiger partial charge on any atom is -0.490 e. The number of piperidine rings is 1. The number of imidazole rings is 1. The van der Waals surface area contributed by atoms with Crippen molar-refractivity contribution < 1.29 is 13.5 Å². The van der Waals surface area contributed by atoms with E-state index in [2.05, 4.69) is 19.4 Å². The molecule has 0 N–H and O–H groups in total. The lowest BCUT2D eigenvalue weighted by Crippen LogP contribution is -2.26. The van der Waals surface area contributed by atoms with Gasteiger partial charge in [0.05, 0.1) is 18.7 Å². The summed E-state index contributed by atoms with van der Waals surface area (Å²) in [5, 5.41) is 0. The first-order valence-corrected chi connectivity index (χ1v) is 9.17. The molecule has 1 saturated heterocycles. The largest absolute Gasteiger partial charge is 0.490 e. The van der Waals surface area contributed by atoms with Crippen LogP contribution < -0.4 is 4.74 Å². The number of benzene rings is 1. The van der Waals surface area contributed by atoms with Gasteiger partial charge in [-0.05, 0) is 36.1 Å². The number of hydrogen-bond acceptors (Lipinski definition) is 4. The van der Waals surface area contributed by atoms with Crippen molar-refractivity contribution >= 4 is 11.2 Å². The predicted octanol–water partition coefficient (Wildman–Crippen LogP) is 3.00. The number of hydrogen-bond donors (Lipinski definition) is 0. The highest BCUT2D eigenvalue weighted by molar-refractivity contribution is 5.71. The zero-order chi connectivity index (χ0) is 18.5. The SMILES string of the molecule is Cn1c(CN2C[C@@H]3C(COc4cccc(F)c4F)[C@@H]3C2)nc2ncccc21. The summed E-state index contributed by atoms with van der Waals surface area (Å²) in [5.41, 5.74) is 1.82. The van der Waals surface area contributed by atoms with Gasteiger partial charge in [-0.1, -0.05) is 6.07 Å². The molecule has 3 atom stereocenters. The summed E-state index contributed by atoms with van der Waals surface area (Å²) in [6.07, 6.45) is 1.76. The molecule has 1 unspecified atom stereocenters. The smallest absolute Gasteiger partial charge is 0.200 e. The number of nitrogens with zero attached hydrogens (tertiary/aromatic N) is 4. The van der Waals surface area contributed by atoms with Crippen molar-refractivity contribution in [1.29, 1.82) is 0 Å². The van der Waals surface area contributed by atoms with E-state index in [-0.39, 0.29) is 5.75 Å². The maximum atomic E-state index is 13.7. The van der Waals surface area contributed by atoms with Crippen LogP contribution in [0.2, 0.25) is 0 Å². The predicted molar refractivity (Wildman–Crippen MR) is 96.1 cm³/mol. The minimum atomic E-state index is -0.902. The van der Waals surface area contributed by atoms with Crippen molar-refractivity contribution in [2.24, 2.45) is 24.8 Å². The lowest BCUT2D eigenvalue weighted by molar-refractivity contribution is 0.220. The van der Waals surface area contributed by atoms with Crippen LogP contribution in [-0.4, -0.2) is 39.1 Å². The summed E-state index contributed by atoms with van der Waals surface area (Å²) in [7, 11) is 2.02. The van der Waals surface area contributed by atoms with Gasteiger partial charge in [0.15, 0.2) is 17.2 Å². The molecule has 140 valence electrons. The molecule has 2 fully saturated rings. The average molecular weight is 370 g/mol. The van der Waals surface area contributed by atoms with Crippen molar-refractivity contribution in [2.45, 2.75) is 6.54 Å². The van der Waals surface area contributed by atoms with Crippen molar-refractivity contribution in [3.05, 3.63) is 54.0 Å². The number of aromatic nitrogens is 3. The maximum absolute atomic E-state index is 13.7. The molecule has 0 amide bonds. The third-order valence-electron chi connectivity index (χ3n) is 5.91. The highest BCUT2D eigenvalue weighted by atomic mass is 19.2. The lowest BCUT2D eigenvalue weighted by atomic mass is 10.2. The van der Waals surface area contributed by atoms with Gasteiger partial charge in [0.25, 0.3) is 0 Å². The van der Waals surface area contributed by atoms with Crippen LogP contribution in [0.3, 0.4) is 0 Å².